The van der Waals surface area contributed by atoms with Gasteiger partial charge in [-0.15, -0.1) is 0 Å². The molecule has 0 aliphatic rings. The zero-order chi connectivity index (χ0) is 16.0. The standard InChI is InChI=1S/C13H16ClN3O4/c1-8(2)12(18)15-5-6-16-13(19)9-3-4-10(14)11(7-9)17(20)21/h3-4,7-8H,5-6H2,1-2H3,(H,15,18)(H,16,19). The van der Waals surface area contributed by atoms with Gasteiger partial charge in [-0.3, -0.25) is 19.7 Å². The number of hydrogen-bond donors (Lipinski definition) is 2. The summed E-state index contributed by atoms with van der Waals surface area (Å²) in [5.41, 5.74) is -0.182. The second kappa shape index (κ2) is 7.58. The van der Waals surface area contributed by atoms with Gasteiger partial charge in [0.05, 0.1) is 4.92 Å². The minimum atomic E-state index is -0.651. The van der Waals surface area contributed by atoms with Crippen LogP contribution >= 0.6 is 11.6 Å². The van der Waals surface area contributed by atoms with Crippen molar-refractivity contribution in [3.05, 3.63) is 38.9 Å². The predicted octanol–water partition coefficient (Wildman–Crippen LogP) is 1.75. The van der Waals surface area contributed by atoms with E-state index in [2.05, 4.69) is 10.6 Å². The van der Waals surface area contributed by atoms with Crippen molar-refractivity contribution in [3.63, 3.8) is 0 Å². The molecule has 0 aliphatic carbocycles. The van der Waals surface area contributed by atoms with E-state index in [0.29, 0.717) is 6.54 Å². The van der Waals surface area contributed by atoms with Gasteiger partial charge in [0.15, 0.2) is 0 Å². The molecule has 8 heteroatoms. The smallest absolute Gasteiger partial charge is 0.288 e. The summed E-state index contributed by atoms with van der Waals surface area (Å²) in [6, 6.07) is 3.82. The van der Waals surface area contributed by atoms with E-state index in [4.69, 9.17) is 11.6 Å². The number of rotatable bonds is 6. The van der Waals surface area contributed by atoms with Gasteiger partial charge in [-0.2, -0.15) is 0 Å². The Kier molecular flexibility index (Phi) is 6.10. The van der Waals surface area contributed by atoms with Gasteiger partial charge in [0.25, 0.3) is 11.6 Å². The summed E-state index contributed by atoms with van der Waals surface area (Å²) in [7, 11) is 0. The average molecular weight is 314 g/mol. The molecule has 0 aliphatic heterocycles. The maximum atomic E-state index is 11.8. The minimum Gasteiger partial charge on any atom is -0.354 e. The van der Waals surface area contributed by atoms with Crippen LogP contribution in [0.1, 0.15) is 24.2 Å². The van der Waals surface area contributed by atoms with Crippen molar-refractivity contribution in [1.82, 2.24) is 10.6 Å². The van der Waals surface area contributed by atoms with Gasteiger partial charge in [-0.05, 0) is 12.1 Å². The summed E-state index contributed by atoms with van der Waals surface area (Å²) in [4.78, 5) is 33.2. The SMILES string of the molecule is CC(C)C(=O)NCCNC(=O)c1ccc(Cl)c([N+](=O)[O-])c1. The van der Waals surface area contributed by atoms with Gasteiger partial charge < -0.3 is 10.6 Å². The van der Waals surface area contributed by atoms with Gasteiger partial charge in [-0.25, -0.2) is 0 Å². The van der Waals surface area contributed by atoms with E-state index in [0.717, 1.165) is 6.07 Å². The summed E-state index contributed by atoms with van der Waals surface area (Å²) in [5.74, 6) is -0.695. The van der Waals surface area contributed by atoms with Crippen molar-refractivity contribution in [1.29, 1.82) is 0 Å². The first-order chi connectivity index (χ1) is 9.82. The zero-order valence-electron chi connectivity index (χ0n) is 11.7. The molecule has 0 fully saturated rings. The monoisotopic (exact) mass is 313 g/mol. The first-order valence-corrected chi connectivity index (χ1v) is 6.70. The summed E-state index contributed by atoms with van der Waals surface area (Å²) in [6.45, 7) is 4.05. The van der Waals surface area contributed by atoms with Crippen LogP contribution in [0.25, 0.3) is 0 Å². The molecule has 0 saturated carbocycles. The highest BCUT2D eigenvalue weighted by Gasteiger charge is 2.16. The van der Waals surface area contributed by atoms with Gasteiger partial charge in [0.2, 0.25) is 5.91 Å². The van der Waals surface area contributed by atoms with Crippen LogP contribution < -0.4 is 10.6 Å². The van der Waals surface area contributed by atoms with Crippen LogP contribution in [-0.4, -0.2) is 29.8 Å². The molecule has 0 bridgehead atoms. The van der Waals surface area contributed by atoms with Crippen molar-refractivity contribution >= 4 is 29.1 Å². The lowest BCUT2D eigenvalue weighted by Gasteiger charge is -2.09. The molecule has 7 nitrogen and oxygen atoms in total. The second-order valence-electron chi connectivity index (χ2n) is 4.62. The quantitative estimate of drug-likeness (QED) is 0.474. The molecule has 0 aromatic heterocycles. The third-order valence-electron chi connectivity index (χ3n) is 2.64. The Labute approximate surface area is 126 Å². The Morgan fingerprint density at radius 3 is 2.48 bits per heavy atom. The molecule has 0 saturated heterocycles. The van der Waals surface area contributed by atoms with Gasteiger partial charge in [0, 0.05) is 30.6 Å². The van der Waals surface area contributed by atoms with Crippen LogP contribution in [-0.2, 0) is 4.79 Å². The molecule has 2 N–H and O–H groups in total. The van der Waals surface area contributed by atoms with Crippen LogP contribution in [0.4, 0.5) is 5.69 Å². The second-order valence-corrected chi connectivity index (χ2v) is 5.03. The lowest BCUT2D eigenvalue weighted by Crippen LogP contribution is -2.36. The van der Waals surface area contributed by atoms with Crippen LogP contribution in [0.15, 0.2) is 18.2 Å². The number of nitrogens with one attached hydrogen (secondary N) is 2. The van der Waals surface area contributed by atoms with Crippen molar-refractivity contribution in [2.75, 3.05) is 13.1 Å². The van der Waals surface area contributed by atoms with Gasteiger partial charge in [-0.1, -0.05) is 25.4 Å². The Morgan fingerprint density at radius 2 is 1.90 bits per heavy atom. The van der Waals surface area contributed by atoms with E-state index >= 15 is 0 Å². The molecular weight excluding hydrogens is 298 g/mol. The number of nitrogens with zero attached hydrogens (tertiary/aromatic N) is 1. The Hall–Kier alpha value is -2.15. The number of nitro benzene ring substituents is 1. The highest BCUT2D eigenvalue weighted by molar-refractivity contribution is 6.32. The summed E-state index contributed by atoms with van der Waals surface area (Å²) >= 11 is 5.67. The Balaban J connectivity index is 2.55. The highest BCUT2D eigenvalue weighted by atomic mass is 35.5. The third-order valence-corrected chi connectivity index (χ3v) is 2.96. The predicted molar refractivity (Wildman–Crippen MR) is 78.3 cm³/mol. The zero-order valence-corrected chi connectivity index (χ0v) is 12.4. The van der Waals surface area contributed by atoms with Crippen LogP contribution in [0.2, 0.25) is 5.02 Å². The van der Waals surface area contributed by atoms with E-state index in [1.807, 2.05) is 0 Å². The van der Waals surface area contributed by atoms with E-state index in [9.17, 15) is 19.7 Å². The van der Waals surface area contributed by atoms with Gasteiger partial charge >= 0.3 is 0 Å². The molecule has 1 rings (SSSR count). The first-order valence-electron chi connectivity index (χ1n) is 6.32. The number of hydrogen-bond acceptors (Lipinski definition) is 4. The number of amides is 2. The summed E-state index contributed by atoms with van der Waals surface area (Å²) < 4.78 is 0. The van der Waals surface area contributed by atoms with E-state index in [1.165, 1.54) is 12.1 Å². The molecule has 2 amide bonds. The molecular formula is C13H16ClN3O4. The number of benzene rings is 1. The minimum absolute atomic E-state index is 0.0271. The molecule has 0 atom stereocenters. The van der Waals surface area contributed by atoms with Crippen molar-refractivity contribution in [2.24, 2.45) is 5.92 Å². The fourth-order valence-electron chi connectivity index (χ4n) is 1.46. The van der Waals surface area contributed by atoms with Crippen LogP contribution in [0.5, 0.6) is 0 Å². The van der Waals surface area contributed by atoms with E-state index < -0.39 is 10.8 Å². The fourth-order valence-corrected chi connectivity index (χ4v) is 1.65. The topological polar surface area (TPSA) is 101 Å². The molecule has 114 valence electrons. The maximum absolute atomic E-state index is 11.8. The van der Waals surface area contributed by atoms with E-state index in [-0.39, 0.29) is 34.6 Å². The fraction of sp³-hybridized carbons (Fsp3) is 0.385. The first kappa shape index (κ1) is 16.9. The van der Waals surface area contributed by atoms with Crippen molar-refractivity contribution in [3.8, 4) is 0 Å². The van der Waals surface area contributed by atoms with Crippen molar-refractivity contribution in [2.45, 2.75) is 13.8 Å². The molecule has 1 aromatic rings. The highest BCUT2D eigenvalue weighted by Crippen LogP contribution is 2.24. The van der Waals surface area contributed by atoms with E-state index in [1.54, 1.807) is 13.8 Å². The normalized spacial score (nSPS) is 10.3. The molecule has 0 radical (unpaired) electrons. The number of halogens is 1. The van der Waals surface area contributed by atoms with Crippen LogP contribution in [0, 0.1) is 16.0 Å². The summed E-state index contributed by atoms with van der Waals surface area (Å²) in [6.07, 6.45) is 0. The Bertz CT molecular complexity index is 560. The average Bonchev–Trinajstić information content (AvgIpc) is 2.43. The lowest BCUT2D eigenvalue weighted by atomic mass is 10.2. The number of carbonyl (C=O) groups excluding carboxylic acids is 2. The summed E-state index contributed by atoms with van der Waals surface area (Å²) in [5, 5.41) is 15.9. The maximum Gasteiger partial charge on any atom is 0.288 e. The third kappa shape index (κ3) is 5.03. The number of nitro groups is 1. The van der Waals surface area contributed by atoms with Crippen LogP contribution in [0.3, 0.4) is 0 Å². The van der Waals surface area contributed by atoms with Crippen molar-refractivity contribution < 1.29 is 14.5 Å². The lowest BCUT2D eigenvalue weighted by molar-refractivity contribution is -0.384. The molecule has 1 aromatic carbocycles. The molecule has 0 spiro atoms. The number of carbonyl (C=O) groups is 2. The molecule has 21 heavy (non-hydrogen) atoms. The molecule has 0 heterocycles. The largest absolute Gasteiger partial charge is 0.354 e. The Morgan fingerprint density at radius 1 is 1.29 bits per heavy atom. The molecule has 0 unspecified atom stereocenters. The van der Waals surface area contributed by atoms with Gasteiger partial charge in [0.1, 0.15) is 5.02 Å².